The van der Waals surface area contributed by atoms with Crippen molar-refractivity contribution in [2.75, 3.05) is 52.9 Å². The highest BCUT2D eigenvalue weighted by molar-refractivity contribution is 14.0. The number of likely N-dealkylation sites (tertiary alicyclic amines) is 1. The zero-order valence-corrected chi connectivity index (χ0v) is 15.9. The van der Waals surface area contributed by atoms with Crippen LogP contribution in [0.25, 0.3) is 0 Å². The van der Waals surface area contributed by atoms with Crippen molar-refractivity contribution in [3.63, 3.8) is 0 Å². The Balaban J connectivity index is 0.00000400. The van der Waals surface area contributed by atoms with E-state index in [-0.39, 0.29) is 36.4 Å². The molecule has 1 fully saturated rings. The lowest BCUT2D eigenvalue weighted by Crippen LogP contribution is -2.41. The third-order valence-electron chi connectivity index (χ3n) is 3.50. The van der Waals surface area contributed by atoms with Crippen LogP contribution in [0.2, 0.25) is 0 Å². The van der Waals surface area contributed by atoms with E-state index in [1.54, 1.807) is 0 Å². The van der Waals surface area contributed by atoms with Crippen molar-refractivity contribution < 1.29 is 4.79 Å². The Morgan fingerprint density at radius 1 is 1.24 bits per heavy atom. The molecule has 1 amide bonds. The third kappa shape index (κ3) is 8.45. The van der Waals surface area contributed by atoms with E-state index >= 15 is 0 Å². The lowest BCUT2D eigenvalue weighted by atomic mass is 10.4. The van der Waals surface area contributed by atoms with Crippen LogP contribution in [0, 0.1) is 0 Å². The molecule has 124 valence electrons. The number of nitrogens with one attached hydrogen (secondary N) is 2. The Morgan fingerprint density at radius 2 is 1.90 bits per heavy atom. The van der Waals surface area contributed by atoms with Gasteiger partial charge in [0.1, 0.15) is 6.54 Å². The Bertz CT molecular complexity index is 318. The number of aliphatic imine (C=N–C) groups is 1. The fourth-order valence-corrected chi connectivity index (χ4v) is 2.08. The average molecular weight is 411 g/mol. The molecule has 0 radical (unpaired) electrons. The predicted octanol–water partition coefficient (Wildman–Crippen LogP) is 0.734. The number of hydrogen-bond acceptors (Lipinski definition) is 3. The minimum atomic E-state index is 0. The van der Waals surface area contributed by atoms with Crippen LogP contribution in [0.1, 0.15) is 26.7 Å². The highest BCUT2D eigenvalue weighted by atomic mass is 127. The minimum absolute atomic E-state index is 0. The summed E-state index contributed by atoms with van der Waals surface area (Å²) in [6, 6.07) is 0. The first-order chi connectivity index (χ1) is 9.67. The van der Waals surface area contributed by atoms with Gasteiger partial charge in [-0.25, -0.2) is 4.99 Å². The highest BCUT2D eigenvalue weighted by Crippen LogP contribution is 2.07. The molecule has 1 aliphatic heterocycles. The van der Waals surface area contributed by atoms with Gasteiger partial charge in [0.15, 0.2) is 5.96 Å². The number of hydrogen-bond donors (Lipinski definition) is 2. The van der Waals surface area contributed by atoms with Gasteiger partial charge in [-0.1, -0.05) is 6.92 Å². The highest BCUT2D eigenvalue weighted by Gasteiger charge is 2.17. The summed E-state index contributed by atoms with van der Waals surface area (Å²) in [6.45, 7) is 9.79. The summed E-state index contributed by atoms with van der Waals surface area (Å²) in [5.41, 5.74) is 0. The Hall–Kier alpha value is -0.570. The molecule has 7 heteroatoms. The lowest BCUT2D eigenvalue weighted by Gasteiger charge is -2.17. The number of carbonyl (C=O) groups excluding carboxylic acids is 1. The minimum Gasteiger partial charge on any atom is -0.357 e. The maximum atomic E-state index is 11.9. The van der Waals surface area contributed by atoms with E-state index in [4.69, 9.17) is 0 Å². The molecule has 0 saturated carbocycles. The molecule has 0 bridgehead atoms. The predicted molar refractivity (Wildman–Crippen MR) is 98.4 cm³/mol. The van der Waals surface area contributed by atoms with E-state index in [0.29, 0.717) is 0 Å². The quantitative estimate of drug-likeness (QED) is 0.369. The van der Waals surface area contributed by atoms with Gasteiger partial charge < -0.3 is 20.4 Å². The van der Waals surface area contributed by atoms with Gasteiger partial charge >= 0.3 is 0 Å². The smallest absolute Gasteiger partial charge is 0.244 e. The van der Waals surface area contributed by atoms with Gasteiger partial charge in [0.2, 0.25) is 5.91 Å². The molecule has 0 aromatic heterocycles. The van der Waals surface area contributed by atoms with Crippen molar-refractivity contribution >= 4 is 35.8 Å². The molecule has 6 nitrogen and oxygen atoms in total. The number of nitrogens with zero attached hydrogens (tertiary/aromatic N) is 3. The molecule has 0 aromatic rings. The molecular weight excluding hydrogens is 381 g/mol. The van der Waals surface area contributed by atoms with E-state index in [1.165, 1.54) is 0 Å². The standard InChI is InChI=1S/C14H29N5O.HI/c1-4-15-14(16-8-11-18(3)5-2)17-12-13(20)19-9-6-7-10-19;/h4-12H2,1-3H3,(H2,15,16,17);1H. The molecule has 21 heavy (non-hydrogen) atoms. The number of carbonyl (C=O) groups is 1. The Kier molecular flexibility index (Phi) is 11.7. The van der Waals surface area contributed by atoms with Gasteiger partial charge in [-0.2, -0.15) is 0 Å². The van der Waals surface area contributed by atoms with Crippen LogP contribution in [0.5, 0.6) is 0 Å². The van der Waals surface area contributed by atoms with Crippen LogP contribution < -0.4 is 10.6 Å². The fourth-order valence-electron chi connectivity index (χ4n) is 2.08. The summed E-state index contributed by atoms with van der Waals surface area (Å²) in [6.07, 6.45) is 2.24. The SMILES string of the molecule is CCNC(=NCC(=O)N1CCCC1)NCCN(C)CC.I. The zero-order chi connectivity index (χ0) is 14.8. The first-order valence-electron chi connectivity index (χ1n) is 7.65. The lowest BCUT2D eigenvalue weighted by molar-refractivity contribution is -0.128. The molecule has 0 aliphatic carbocycles. The molecule has 0 unspecified atom stereocenters. The third-order valence-corrected chi connectivity index (χ3v) is 3.50. The average Bonchev–Trinajstić information content (AvgIpc) is 2.98. The molecule has 1 rings (SSSR count). The van der Waals surface area contributed by atoms with E-state index in [1.807, 2.05) is 11.8 Å². The van der Waals surface area contributed by atoms with Crippen LogP contribution in [-0.2, 0) is 4.79 Å². The van der Waals surface area contributed by atoms with Gasteiger partial charge in [0, 0.05) is 32.7 Å². The second kappa shape index (κ2) is 12.0. The summed E-state index contributed by atoms with van der Waals surface area (Å²) in [7, 11) is 2.09. The summed E-state index contributed by atoms with van der Waals surface area (Å²) >= 11 is 0. The van der Waals surface area contributed by atoms with E-state index in [2.05, 4.69) is 34.5 Å². The van der Waals surface area contributed by atoms with Crippen molar-refractivity contribution in [3.8, 4) is 0 Å². The maximum absolute atomic E-state index is 11.9. The molecule has 1 aliphatic rings. The monoisotopic (exact) mass is 411 g/mol. The van der Waals surface area contributed by atoms with Gasteiger partial charge in [-0.15, -0.1) is 24.0 Å². The largest absolute Gasteiger partial charge is 0.357 e. The fraction of sp³-hybridized carbons (Fsp3) is 0.857. The molecule has 1 saturated heterocycles. The number of guanidine groups is 1. The van der Waals surface area contributed by atoms with Crippen molar-refractivity contribution in [2.45, 2.75) is 26.7 Å². The molecule has 0 spiro atoms. The second-order valence-corrected chi connectivity index (χ2v) is 5.11. The molecule has 0 atom stereocenters. The van der Waals surface area contributed by atoms with E-state index in [0.717, 1.165) is 58.1 Å². The molecule has 1 heterocycles. The Morgan fingerprint density at radius 3 is 2.48 bits per heavy atom. The first-order valence-corrected chi connectivity index (χ1v) is 7.65. The zero-order valence-electron chi connectivity index (χ0n) is 13.5. The van der Waals surface area contributed by atoms with Gasteiger partial charge in [0.25, 0.3) is 0 Å². The number of amides is 1. The second-order valence-electron chi connectivity index (χ2n) is 5.11. The number of likely N-dealkylation sites (N-methyl/N-ethyl adjacent to an activating group) is 1. The number of rotatable bonds is 7. The number of halogens is 1. The van der Waals surface area contributed by atoms with E-state index < -0.39 is 0 Å². The summed E-state index contributed by atoms with van der Waals surface area (Å²) in [5, 5.41) is 6.43. The van der Waals surface area contributed by atoms with Crippen molar-refractivity contribution in [1.82, 2.24) is 20.4 Å². The Labute approximate surface area is 145 Å². The van der Waals surface area contributed by atoms with Crippen LogP contribution in [0.3, 0.4) is 0 Å². The maximum Gasteiger partial charge on any atom is 0.244 e. The van der Waals surface area contributed by atoms with Crippen molar-refractivity contribution in [3.05, 3.63) is 0 Å². The summed E-state index contributed by atoms with van der Waals surface area (Å²) in [4.78, 5) is 20.4. The summed E-state index contributed by atoms with van der Waals surface area (Å²) in [5.74, 6) is 0.856. The van der Waals surface area contributed by atoms with Gasteiger partial charge in [0.05, 0.1) is 0 Å². The summed E-state index contributed by atoms with van der Waals surface area (Å²) < 4.78 is 0. The van der Waals surface area contributed by atoms with Crippen molar-refractivity contribution in [1.29, 1.82) is 0 Å². The van der Waals surface area contributed by atoms with E-state index in [9.17, 15) is 4.79 Å². The molecule has 0 aromatic carbocycles. The first kappa shape index (κ1) is 20.4. The normalized spacial score (nSPS) is 15.0. The van der Waals surface area contributed by atoms with Gasteiger partial charge in [-0.3, -0.25) is 4.79 Å². The molecular formula is C14H30IN5O. The topological polar surface area (TPSA) is 60.0 Å². The van der Waals surface area contributed by atoms with Crippen LogP contribution in [0.4, 0.5) is 0 Å². The van der Waals surface area contributed by atoms with Crippen molar-refractivity contribution in [2.24, 2.45) is 4.99 Å². The van der Waals surface area contributed by atoms with Crippen LogP contribution in [-0.4, -0.2) is 74.5 Å². The van der Waals surface area contributed by atoms with Gasteiger partial charge in [-0.05, 0) is 33.4 Å². The molecule has 2 N–H and O–H groups in total. The van der Waals surface area contributed by atoms with Crippen LogP contribution in [0.15, 0.2) is 4.99 Å². The van der Waals surface area contributed by atoms with Crippen LogP contribution >= 0.6 is 24.0 Å².